The average molecular weight is 493 g/mol. The molecule has 0 saturated heterocycles. The summed E-state index contributed by atoms with van der Waals surface area (Å²) in [5, 5.41) is 14.4. The van der Waals surface area contributed by atoms with Crippen molar-refractivity contribution in [3.05, 3.63) is 88.4 Å². The van der Waals surface area contributed by atoms with Gasteiger partial charge in [0.25, 0.3) is 5.91 Å². The Balaban J connectivity index is 1.38. The van der Waals surface area contributed by atoms with Crippen LogP contribution in [0.1, 0.15) is 47.2 Å². The highest BCUT2D eigenvalue weighted by Gasteiger charge is 2.29. The van der Waals surface area contributed by atoms with E-state index in [4.69, 9.17) is 21.4 Å². The lowest BCUT2D eigenvalue weighted by Crippen LogP contribution is -2.36. The van der Waals surface area contributed by atoms with Gasteiger partial charge in [-0.3, -0.25) is 14.9 Å². The largest absolute Gasteiger partial charge is 0.481 e. The van der Waals surface area contributed by atoms with Gasteiger partial charge >= 0.3 is 12.1 Å². The molecule has 1 aliphatic carbocycles. The van der Waals surface area contributed by atoms with Crippen LogP contribution in [0.5, 0.6) is 0 Å². The van der Waals surface area contributed by atoms with Gasteiger partial charge in [-0.1, -0.05) is 67.1 Å². The topological polar surface area (TPSA) is 105 Å². The number of amides is 2. The molecule has 8 heteroatoms. The molecular formula is C27H25ClN2O5. The zero-order valence-corrected chi connectivity index (χ0v) is 19.8. The standard InChI is InChI=1S/C27H25ClN2O5/c1-2-17(14-25(31)32)29-26(33)16-11-12-24(23(28)13-16)30-27(34)35-15-22-20-9-5-3-7-18(20)19-8-4-6-10-21(19)22/h3-13,17,22H,2,14-15H2,1H3,(H,29,33)(H,30,34)(H,31,32)/t17-/m1/s1. The Hall–Kier alpha value is -3.84. The van der Waals surface area contributed by atoms with Gasteiger partial charge < -0.3 is 15.2 Å². The lowest BCUT2D eigenvalue weighted by Gasteiger charge is -2.16. The minimum absolute atomic E-state index is 0.0630. The van der Waals surface area contributed by atoms with Gasteiger partial charge in [-0.25, -0.2) is 4.79 Å². The van der Waals surface area contributed by atoms with Crippen LogP contribution >= 0.6 is 11.6 Å². The summed E-state index contributed by atoms with van der Waals surface area (Å²) >= 11 is 6.29. The molecule has 3 aromatic carbocycles. The third-order valence-electron chi connectivity index (χ3n) is 6.06. The van der Waals surface area contributed by atoms with E-state index in [-0.39, 0.29) is 29.5 Å². The fourth-order valence-electron chi connectivity index (χ4n) is 4.28. The molecule has 0 aromatic heterocycles. The number of halogens is 1. The summed E-state index contributed by atoms with van der Waals surface area (Å²) in [5.74, 6) is -1.49. The number of rotatable bonds is 8. The number of anilines is 1. The van der Waals surface area contributed by atoms with Crippen molar-refractivity contribution in [3.8, 4) is 11.1 Å². The summed E-state index contributed by atoms with van der Waals surface area (Å²) in [5.41, 5.74) is 5.08. The molecule has 1 atom stereocenters. The summed E-state index contributed by atoms with van der Waals surface area (Å²) in [6.07, 6.45) is -0.344. The number of hydrogen-bond acceptors (Lipinski definition) is 4. The van der Waals surface area contributed by atoms with Crippen LogP contribution in [0.3, 0.4) is 0 Å². The Bertz CT molecular complexity index is 1230. The first-order chi connectivity index (χ1) is 16.9. The zero-order valence-electron chi connectivity index (χ0n) is 19.1. The Morgan fingerprint density at radius 3 is 2.20 bits per heavy atom. The van der Waals surface area contributed by atoms with Crippen LogP contribution in [0.15, 0.2) is 66.7 Å². The molecule has 4 rings (SSSR count). The number of carboxylic acids is 1. The number of carbonyl (C=O) groups is 3. The maximum absolute atomic E-state index is 12.5. The fraction of sp³-hybridized carbons (Fsp3) is 0.222. The van der Waals surface area contributed by atoms with E-state index in [2.05, 4.69) is 22.8 Å². The van der Waals surface area contributed by atoms with Crippen molar-refractivity contribution in [3.63, 3.8) is 0 Å². The molecule has 0 aliphatic heterocycles. The fourth-order valence-corrected chi connectivity index (χ4v) is 4.51. The van der Waals surface area contributed by atoms with Crippen LogP contribution in [0.4, 0.5) is 10.5 Å². The minimum Gasteiger partial charge on any atom is -0.481 e. The summed E-state index contributed by atoms with van der Waals surface area (Å²) < 4.78 is 5.54. The number of ether oxygens (including phenoxy) is 1. The van der Waals surface area contributed by atoms with Crippen molar-refractivity contribution < 1.29 is 24.2 Å². The van der Waals surface area contributed by atoms with E-state index in [1.807, 2.05) is 36.4 Å². The highest BCUT2D eigenvalue weighted by atomic mass is 35.5. The van der Waals surface area contributed by atoms with Crippen LogP contribution < -0.4 is 10.6 Å². The number of carboxylic acid groups (broad SMARTS) is 1. The van der Waals surface area contributed by atoms with Gasteiger partial charge in [-0.05, 0) is 46.9 Å². The van der Waals surface area contributed by atoms with Gasteiger partial charge in [0, 0.05) is 17.5 Å². The number of aliphatic carboxylic acids is 1. The molecule has 0 spiro atoms. The molecule has 0 fully saturated rings. The highest BCUT2D eigenvalue weighted by Crippen LogP contribution is 2.44. The monoisotopic (exact) mass is 492 g/mol. The molecule has 0 unspecified atom stereocenters. The number of hydrogen-bond donors (Lipinski definition) is 3. The summed E-state index contributed by atoms with van der Waals surface area (Å²) in [6, 6.07) is 20.1. The molecule has 0 heterocycles. The van der Waals surface area contributed by atoms with Crippen molar-refractivity contribution in [2.24, 2.45) is 0 Å². The van der Waals surface area contributed by atoms with E-state index < -0.39 is 24.0 Å². The van der Waals surface area contributed by atoms with Crippen LogP contribution in [-0.2, 0) is 9.53 Å². The summed E-state index contributed by atoms with van der Waals surface area (Å²) in [7, 11) is 0. The molecule has 180 valence electrons. The number of nitrogens with one attached hydrogen (secondary N) is 2. The first-order valence-corrected chi connectivity index (χ1v) is 11.7. The molecule has 35 heavy (non-hydrogen) atoms. The SMILES string of the molecule is CC[C@H](CC(=O)O)NC(=O)c1ccc(NC(=O)OCC2c3ccccc3-c3ccccc32)c(Cl)c1. The molecule has 7 nitrogen and oxygen atoms in total. The normalized spacial score (nSPS) is 12.9. The summed E-state index contributed by atoms with van der Waals surface area (Å²) in [4.78, 5) is 35.9. The lowest BCUT2D eigenvalue weighted by atomic mass is 9.98. The lowest BCUT2D eigenvalue weighted by molar-refractivity contribution is -0.137. The van der Waals surface area contributed by atoms with Gasteiger partial charge in [-0.15, -0.1) is 0 Å². The molecule has 1 aliphatic rings. The van der Waals surface area contributed by atoms with Crippen molar-refractivity contribution in [2.75, 3.05) is 11.9 Å². The third-order valence-corrected chi connectivity index (χ3v) is 6.37. The molecule has 3 aromatic rings. The van der Waals surface area contributed by atoms with Crippen LogP contribution in [0, 0.1) is 0 Å². The second kappa shape index (κ2) is 10.6. The number of fused-ring (bicyclic) bond motifs is 3. The second-order valence-electron chi connectivity index (χ2n) is 8.32. The van der Waals surface area contributed by atoms with E-state index in [0.717, 1.165) is 22.3 Å². The van der Waals surface area contributed by atoms with Crippen LogP contribution in [-0.4, -0.2) is 35.7 Å². The van der Waals surface area contributed by atoms with Gasteiger partial charge in [0.15, 0.2) is 0 Å². The van der Waals surface area contributed by atoms with Gasteiger partial charge in [0.05, 0.1) is 17.1 Å². The van der Waals surface area contributed by atoms with E-state index in [1.54, 1.807) is 6.92 Å². The van der Waals surface area contributed by atoms with Crippen molar-refractivity contribution >= 4 is 35.3 Å². The first kappa shape index (κ1) is 24.3. The molecule has 3 N–H and O–H groups in total. The molecule has 0 bridgehead atoms. The molecule has 0 radical (unpaired) electrons. The van der Waals surface area contributed by atoms with E-state index in [1.165, 1.54) is 18.2 Å². The van der Waals surface area contributed by atoms with Crippen LogP contribution in [0.25, 0.3) is 11.1 Å². The molecule has 0 saturated carbocycles. The number of carbonyl (C=O) groups excluding carboxylic acids is 2. The smallest absolute Gasteiger partial charge is 0.411 e. The predicted molar refractivity (Wildman–Crippen MR) is 134 cm³/mol. The van der Waals surface area contributed by atoms with Crippen LogP contribution in [0.2, 0.25) is 5.02 Å². The van der Waals surface area contributed by atoms with Gasteiger partial charge in [0.2, 0.25) is 0 Å². The Labute approximate surface area is 208 Å². The van der Waals surface area contributed by atoms with Crippen molar-refractivity contribution in [2.45, 2.75) is 31.7 Å². The third kappa shape index (κ3) is 5.46. The second-order valence-corrected chi connectivity index (χ2v) is 8.73. The maximum atomic E-state index is 12.5. The maximum Gasteiger partial charge on any atom is 0.411 e. The molecule has 2 amide bonds. The molecular weight excluding hydrogens is 468 g/mol. The number of benzene rings is 3. The first-order valence-electron chi connectivity index (χ1n) is 11.3. The zero-order chi connectivity index (χ0) is 24.9. The Morgan fingerprint density at radius 2 is 1.63 bits per heavy atom. The average Bonchev–Trinajstić information content (AvgIpc) is 3.17. The van der Waals surface area contributed by atoms with Crippen molar-refractivity contribution in [1.82, 2.24) is 5.32 Å². The minimum atomic E-state index is -0.988. The summed E-state index contributed by atoms with van der Waals surface area (Å²) in [6.45, 7) is 1.96. The van der Waals surface area contributed by atoms with Crippen molar-refractivity contribution in [1.29, 1.82) is 0 Å². The highest BCUT2D eigenvalue weighted by molar-refractivity contribution is 6.34. The quantitative estimate of drug-likeness (QED) is 0.375. The van der Waals surface area contributed by atoms with Gasteiger partial charge in [0.1, 0.15) is 6.61 Å². The van der Waals surface area contributed by atoms with Gasteiger partial charge in [-0.2, -0.15) is 0 Å². The van der Waals surface area contributed by atoms with E-state index in [9.17, 15) is 14.4 Å². The van der Waals surface area contributed by atoms with E-state index >= 15 is 0 Å². The Kier molecular flexibility index (Phi) is 7.36. The van der Waals surface area contributed by atoms with E-state index in [0.29, 0.717) is 12.1 Å². The predicted octanol–water partition coefficient (Wildman–Crippen LogP) is 5.68. The Morgan fingerprint density at radius 1 is 1.00 bits per heavy atom.